The number of nitrogens with one attached hydrogen (secondary N) is 2. The van der Waals surface area contributed by atoms with Crippen LogP contribution in [0.5, 0.6) is 0 Å². The fourth-order valence-electron chi connectivity index (χ4n) is 1.00. The first-order valence-corrected chi connectivity index (χ1v) is 6.40. The zero-order chi connectivity index (χ0) is 11.5. The monoisotopic (exact) mass is 294 g/mol. The van der Waals surface area contributed by atoms with Crippen molar-refractivity contribution in [1.82, 2.24) is 9.71 Å². The molecule has 0 amide bonds. The molecule has 0 aliphatic rings. The Kier molecular flexibility index (Phi) is 4.03. The van der Waals surface area contributed by atoms with Crippen molar-refractivity contribution in [1.29, 1.82) is 0 Å². The topological polar surface area (TPSA) is 97.1 Å². The maximum Gasteiger partial charge on any atom is 0.244 e. The summed E-state index contributed by atoms with van der Waals surface area (Å²) < 4.78 is 26.3. The van der Waals surface area contributed by atoms with Crippen LogP contribution in [0.15, 0.2) is 21.6 Å². The molecule has 0 atom stereocenters. The van der Waals surface area contributed by atoms with E-state index in [1.807, 2.05) is 0 Å². The predicted octanol–water partition coefficient (Wildman–Crippen LogP) is 0.428. The van der Waals surface area contributed by atoms with Crippen molar-refractivity contribution in [2.75, 3.05) is 12.0 Å². The van der Waals surface area contributed by atoms with Crippen molar-refractivity contribution >= 4 is 31.8 Å². The molecule has 0 aromatic carbocycles. The first-order valence-electron chi connectivity index (χ1n) is 4.13. The standard InChI is InChI=1S/C7H11BrN4O2S/c1-2-11-15(13,14)6-3-5(8)4-10-7(6)12-9/h3-4,11H,2,9H2,1H3,(H,10,12). The Morgan fingerprint density at radius 3 is 2.80 bits per heavy atom. The number of nitrogens with zero attached hydrogens (tertiary/aromatic N) is 1. The summed E-state index contributed by atoms with van der Waals surface area (Å²) in [5.74, 6) is 5.28. The summed E-state index contributed by atoms with van der Waals surface area (Å²) in [5, 5.41) is 0. The van der Waals surface area contributed by atoms with E-state index in [0.29, 0.717) is 11.0 Å². The highest BCUT2D eigenvalue weighted by Crippen LogP contribution is 2.21. The second-order valence-corrected chi connectivity index (χ2v) is 5.30. The van der Waals surface area contributed by atoms with Gasteiger partial charge in [-0.15, -0.1) is 0 Å². The highest BCUT2D eigenvalue weighted by Gasteiger charge is 2.18. The number of sulfonamides is 1. The Bertz CT molecular complexity index is 448. The van der Waals surface area contributed by atoms with E-state index >= 15 is 0 Å². The average molecular weight is 295 g/mol. The van der Waals surface area contributed by atoms with Crippen molar-refractivity contribution in [2.45, 2.75) is 11.8 Å². The molecule has 0 spiro atoms. The third-order valence-electron chi connectivity index (χ3n) is 1.58. The van der Waals surface area contributed by atoms with E-state index in [1.165, 1.54) is 12.3 Å². The molecule has 6 nitrogen and oxygen atoms in total. The van der Waals surface area contributed by atoms with Gasteiger partial charge >= 0.3 is 0 Å². The Hall–Kier alpha value is -0.700. The molecule has 0 unspecified atom stereocenters. The molecule has 0 aliphatic carbocycles. The van der Waals surface area contributed by atoms with E-state index in [2.05, 4.69) is 31.1 Å². The van der Waals surface area contributed by atoms with Gasteiger partial charge in [0.25, 0.3) is 0 Å². The number of hydrazine groups is 1. The number of rotatable bonds is 4. The lowest BCUT2D eigenvalue weighted by Gasteiger charge is -2.09. The lowest BCUT2D eigenvalue weighted by Crippen LogP contribution is -2.25. The molecule has 15 heavy (non-hydrogen) atoms. The summed E-state index contributed by atoms with van der Waals surface area (Å²) in [4.78, 5) is 3.86. The van der Waals surface area contributed by atoms with Gasteiger partial charge in [-0.3, -0.25) is 0 Å². The maximum absolute atomic E-state index is 11.7. The van der Waals surface area contributed by atoms with Crippen LogP contribution < -0.4 is 16.0 Å². The molecule has 0 radical (unpaired) electrons. The molecule has 1 rings (SSSR count). The SMILES string of the molecule is CCNS(=O)(=O)c1cc(Br)cnc1NN. The quantitative estimate of drug-likeness (QED) is 0.553. The van der Waals surface area contributed by atoms with Crippen molar-refractivity contribution < 1.29 is 8.42 Å². The smallest absolute Gasteiger partial charge is 0.244 e. The van der Waals surface area contributed by atoms with Crippen LogP contribution in [-0.4, -0.2) is 19.9 Å². The first kappa shape index (κ1) is 12.4. The number of anilines is 1. The van der Waals surface area contributed by atoms with E-state index in [0.717, 1.165) is 0 Å². The fraction of sp³-hybridized carbons (Fsp3) is 0.286. The molecule has 84 valence electrons. The lowest BCUT2D eigenvalue weighted by atomic mass is 10.5. The highest BCUT2D eigenvalue weighted by atomic mass is 79.9. The maximum atomic E-state index is 11.7. The molecule has 8 heteroatoms. The van der Waals surface area contributed by atoms with Gasteiger partial charge in [0.2, 0.25) is 10.0 Å². The molecule has 0 saturated carbocycles. The van der Waals surface area contributed by atoms with Crippen LogP contribution in [0, 0.1) is 0 Å². The van der Waals surface area contributed by atoms with E-state index in [-0.39, 0.29) is 10.7 Å². The number of hydrogen-bond acceptors (Lipinski definition) is 5. The molecule has 0 saturated heterocycles. The summed E-state index contributed by atoms with van der Waals surface area (Å²) in [6.45, 7) is 2.00. The van der Waals surface area contributed by atoms with Crippen LogP contribution in [0.3, 0.4) is 0 Å². The van der Waals surface area contributed by atoms with Gasteiger partial charge in [0.05, 0.1) is 0 Å². The average Bonchev–Trinajstić information content (AvgIpc) is 2.17. The molecule has 1 heterocycles. The van der Waals surface area contributed by atoms with Crippen LogP contribution in [0.25, 0.3) is 0 Å². The minimum atomic E-state index is -3.56. The molecule has 1 aromatic rings. The van der Waals surface area contributed by atoms with Crippen LogP contribution in [0.4, 0.5) is 5.82 Å². The summed E-state index contributed by atoms with van der Waals surface area (Å²) in [6.07, 6.45) is 1.46. The Morgan fingerprint density at radius 1 is 1.60 bits per heavy atom. The molecule has 0 bridgehead atoms. The van der Waals surface area contributed by atoms with Crippen molar-refractivity contribution in [3.05, 3.63) is 16.7 Å². The van der Waals surface area contributed by atoms with Crippen LogP contribution in [-0.2, 0) is 10.0 Å². The van der Waals surface area contributed by atoms with Crippen LogP contribution in [0.2, 0.25) is 0 Å². The van der Waals surface area contributed by atoms with Gasteiger partial charge in [0.1, 0.15) is 4.90 Å². The Labute approximate surface area is 96.4 Å². The third kappa shape index (κ3) is 2.88. The largest absolute Gasteiger partial charge is 0.307 e. The van der Waals surface area contributed by atoms with Crippen LogP contribution in [0.1, 0.15) is 6.92 Å². The summed E-state index contributed by atoms with van der Waals surface area (Å²) in [6, 6.07) is 1.43. The zero-order valence-electron chi connectivity index (χ0n) is 7.99. The molecule has 4 N–H and O–H groups in total. The van der Waals surface area contributed by atoms with E-state index in [1.54, 1.807) is 6.92 Å². The molecular weight excluding hydrogens is 284 g/mol. The predicted molar refractivity (Wildman–Crippen MR) is 60.6 cm³/mol. The fourth-order valence-corrected chi connectivity index (χ4v) is 2.67. The highest BCUT2D eigenvalue weighted by molar-refractivity contribution is 9.10. The van der Waals surface area contributed by atoms with E-state index in [9.17, 15) is 8.42 Å². The number of nitrogen functional groups attached to an aromatic ring is 1. The van der Waals surface area contributed by atoms with E-state index in [4.69, 9.17) is 5.84 Å². The van der Waals surface area contributed by atoms with Gasteiger partial charge in [0, 0.05) is 17.2 Å². The number of aromatic nitrogens is 1. The second kappa shape index (κ2) is 4.88. The van der Waals surface area contributed by atoms with Gasteiger partial charge in [0.15, 0.2) is 5.82 Å². The molecular formula is C7H11BrN4O2S. The van der Waals surface area contributed by atoms with Gasteiger partial charge < -0.3 is 5.43 Å². The van der Waals surface area contributed by atoms with Crippen molar-refractivity contribution in [3.63, 3.8) is 0 Å². The molecule has 0 aliphatic heterocycles. The summed E-state index contributed by atoms with van der Waals surface area (Å²) in [5.41, 5.74) is 2.24. The van der Waals surface area contributed by atoms with Gasteiger partial charge in [-0.2, -0.15) is 0 Å². The Balaban J connectivity index is 3.28. The molecule has 0 fully saturated rings. The minimum Gasteiger partial charge on any atom is -0.307 e. The van der Waals surface area contributed by atoms with E-state index < -0.39 is 10.0 Å². The zero-order valence-corrected chi connectivity index (χ0v) is 10.4. The van der Waals surface area contributed by atoms with Gasteiger partial charge in [-0.1, -0.05) is 6.92 Å². The first-order chi connectivity index (χ1) is 7.01. The van der Waals surface area contributed by atoms with Crippen molar-refractivity contribution in [2.24, 2.45) is 5.84 Å². The third-order valence-corrected chi connectivity index (χ3v) is 3.57. The lowest BCUT2D eigenvalue weighted by molar-refractivity contribution is 0.584. The number of nitrogens with two attached hydrogens (primary N) is 1. The summed E-state index contributed by atoms with van der Waals surface area (Å²) in [7, 11) is -3.56. The number of pyridine rings is 1. The van der Waals surface area contributed by atoms with Crippen molar-refractivity contribution in [3.8, 4) is 0 Å². The molecule has 1 aromatic heterocycles. The normalized spacial score (nSPS) is 11.4. The van der Waals surface area contributed by atoms with Gasteiger partial charge in [-0.05, 0) is 22.0 Å². The van der Waals surface area contributed by atoms with Gasteiger partial charge in [-0.25, -0.2) is 24.0 Å². The number of halogens is 1. The summed E-state index contributed by atoms with van der Waals surface area (Å²) >= 11 is 3.15. The van der Waals surface area contributed by atoms with Crippen LogP contribution >= 0.6 is 15.9 Å². The second-order valence-electron chi connectivity index (χ2n) is 2.65. The Morgan fingerprint density at radius 2 is 2.27 bits per heavy atom. The number of hydrogen-bond donors (Lipinski definition) is 3. The minimum absolute atomic E-state index is 0.0150.